The molecule has 110 valence electrons. The number of aliphatic hydroxyl groups excluding tert-OH is 1. The molecule has 2 aromatic rings. The molecule has 0 radical (unpaired) electrons. The topological polar surface area (TPSA) is 55.5 Å². The number of rotatable bonds is 4. The van der Waals surface area contributed by atoms with Gasteiger partial charge >= 0.3 is 0 Å². The molecule has 3 N–H and O–H groups in total. The lowest BCUT2D eigenvalue weighted by Crippen LogP contribution is -2.32. The van der Waals surface area contributed by atoms with Gasteiger partial charge in [-0.05, 0) is 34.5 Å². The normalized spacial score (nSPS) is 12.8. The molecule has 1 atom stereocenters. The first-order valence-electron chi connectivity index (χ1n) is 6.42. The molecule has 0 saturated heterocycles. The monoisotopic (exact) mass is 295 g/mol. The molecule has 2 rings (SSSR count). The maximum absolute atomic E-state index is 9.41. The van der Waals surface area contributed by atoms with E-state index in [1.54, 1.807) is 7.11 Å². The van der Waals surface area contributed by atoms with E-state index >= 15 is 0 Å². The third-order valence-corrected chi connectivity index (χ3v) is 3.68. The Bertz CT molecular complexity index is 584. The minimum Gasteiger partial charge on any atom is -0.497 e. The summed E-state index contributed by atoms with van der Waals surface area (Å²) in [7, 11) is 1.66. The standard InChI is InChI=1S/C16H21NO2.ClH/c1-16(2,10-18)15(17)13-5-4-12-9-14(19-3)7-6-11(12)8-13;/h4-9,15,18H,10,17H2,1-3H3;1H/t15-;/m1./s1. The number of methoxy groups -OCH3 is 1. The van der Waals surface area contributed by atoms with Crippen LogP contribution in [0.4, 0.5) is 0 Å². The summed E-state index contributed by atoms with van der Waals surface area (Å²) in [5.41, 5.74) is 6.95. The highest BCUT2D eigenvalue weighted by Crippen LogP contribution is 2.32. The van der Waals surface area contributed by atoms with Crippen molar-refractivity contribution in [3.8, 4) is 5.75 Å². The summed E-state index contributed by atoms with van der Waals surface area (Å²) in [6.07, 6.45) is 0. The van der Waals surface area contributed by atoms with Gasteiger partial charge < -0.3 is 15.6 Å². The fourth-order valence-corrected chi connectivity index (χ4v) is 2.11. The van der Waals surface area contributed by atoms with Crippen molar-refractivity contribution in [2.24, 2.45) is 11.1 Å². The van der Waals surface area contributed by atoms with Gasteiger partial charge in [0.1, 0.15) is 5.75 Å². The Morgan fingerprint density at radius 1 is 1.15 bits per heavy atom. The molecule has 0 saturated carbocycles. The second-order valence-corrected chi connectivity index (χ2v) is 5.60. The molecule has 0 unspecified atom stereocenters. The third kappa shape index (κ3) is 3.23. The number of fused-ring (bicyclic) bond motifs is 1. The maximum atomic E-state index is 9.41. The number of hydrogen-bond acceptors (Lipinski definition) is 3. The largest absolute Gasteiger partial charge is 0.497 e. The van der Waals surface area contributed by atoms with Crippen molar-refractivity contribution in [1.82, 2.24) is 0 Å². The fourth-order valence-electron chi connectivity index (χ4n) is 2.11. The van der Waals surface area contributed by atoms with Crippen molar-refractivity contribution in [3.05, 3.63) is 42.0 Å². The van der Waals surface area contributed by atoms with Crippen molar-refractivity contribution < 1.29 is 9.84 Å². The number of benzene rings is 2. The highest BCUT2D eigenvalue weighted by Gasteiger charge is 2.26. The Hall–Kier alpha value is -1.29. The van der Waals surface area contributed by atoms with Crippen LogP contribution in [-0.2, 0) is 0 Å². The Kier molecular flexibility index (Phi) is 5.40. The van der Waals surface area contributed by atoms with E-state index in [2.05, 4.69) is 6.07 Å². The van der Waals surface area contributed by atoms with E-state index in [4.69, 9.17) is 10.5 Å². The number of ether oxygens (including phenoxy) is 1. The van der Waals surface area contributed by atoms with Crippen molar-refractivity contribution in [2.75, 3.05) is 13.7 Å². The summed E-state index contributed by atoms with van der Waals surface area (Å²) in [4.78, 5) is 0. The molecule has 20 heavy (non-hydrogen) atoms. The van der Waals surface area contributed by atoms with E-state index in [1.165, 1.54) is 0 Å². The number of hydrogen-bond donors (Lipinski definition) is 2. The van der Waals surface area contributed by atoms with Crippen LogP contribution < -0.4 is 10.5 Å². The van der Waals surface area contributed by atoms with Crippen LogP contribution in [0.2, 0.25) is 0 Å². The van der Waals surface area contributed by atoms with Crippen LogP contribution >= 0.6 is 12.4 Å². The van der Waals surface area contributed by atoms with E-state index in [0.717, 1.165) is 22.1 Å². The molecule has 0 bridgehead atoms. The van der Waals surface area contributed by atoms with Gasteiger partial charge in [0, 0.05) is 18.1 Å². The third-order valence-electron chi connectivity index (χ3n) is 3.68. The van der Waals surface area contributed by atoms with Gasteiger partial charge in [-0.3, -0.25) is 0 Å². The Balaban J connectivity index is 0.00000200. The molecular weight excluding hydrogens is 274 g/mol. The molecular formula is C16H22ClNO2. The van der Waals surface area contributed by atoms with Gasteiger partial charge in [0.05, 0.1) is 7.11 Å². The summed E-state index contributed by atoms with van der Waals surface area (Å²) >= 11 is 0. The molecule has 0 amide bonds. The molecule has 0 fully saturated rings. The summed E-state index contributed by atoms with van der Waals surface area (Å²) in [6, 6.07) is 11.9. The van der Waals surface area contributed by atoms with Crippen LogP contribution in [0.25, 0.3) is 10.8 Å². The molecule has 0 aliphatic heterocycles. The van der Waals surface area contributed by atoms with Gasteiger partial charge in [0.25, 0.3) is 0 Å². The van der Waals surface area contributed by atoms with Crippen molar-refractivity contribution in [1.29, 1.82) is 0 Å². The highest BCUT2D eigenvalue weighted by atomic mass is 35.5. The molecule has 0 heterocycles. The van der Waals surface area contributed by atoms with Crippen LogP contribution in [0.15, 0.2) is 36.4 Å². The van der Waals surface area contributed by atoms with Gasteiger partial charge in [0.15, 0.2) is 0 Å². The predicted molar refractivity (Wildman–Crippen MR) is 85.5 cm³/mol. The van der Waals surface area contributed by atoms with Crippen LogP contribution in [-0.4, -0.2) is 18.8 Å². The summed E-state index contributed by atoms with van der Waals surface area (Å²) in [6.45, 7) is 4.00. The summed E-state index contributed by atoms with van der Waals surface area (Å²) in [5.74, 6) is 0.847. The Labute approximate surface area is 126 Å². The molecule has 4 heteroatoms. The van der Waals surface area contributed by atoms with E-state index < -0.39 is 0 Å². The molecule has 3 nitrogen and oxygen atoms in total. The first-order valence-corrected chi connectivity index (χ1v) is 6.42. The van der Waals surface area contributed by atoms with E-state index in [9.17, 15) is 5.11 Å². The lowest BCUT2D eigenvalue weighted by atomic mass is 9.81. The number of nitrogens with two attached hydrogens (primary N) is 1. The SMILES string of the molecule is COc1ccc2cc([C@@H](N)C(C)(C)CO)ccc2c1.Cl. The summed E-state index contributed by atoms with van der Waals surface area (Å²) < 4.78 is 5.21. The zero-order valence-corrected chi connectivity index (χ0v) is 12.9. The lowest BCUT2D eigenvalue weighted by Gasteiger charge is -2.30. The van der Waals surface area contributed by atoms with E-state index in [0.29, 0.717) is 0 Å². The Morgan fingerprint density at radius 2 is 1.75 bits per heavy atom. The van der Waals surface area contributed by atoms with Crippen molar-refractivity contribution in [2.45, 2.75) is 19.9 Å². The molecule has 0 spiro atoms. The van der Waals surface area contributed by atoms with Crippen LogP contribution in [0.3, 0.4) is 0 Å². The highest BCUT2D eigenvalue weighted by molar-refractivity contribution is 5.85. The molecule has 0 aliphatic carbocycles. The zero-order chi connectivity index (χ0) is 14.0. The van der Waals surface area contributed by atoms with Gasteiger partial charge in [-0.25, -0.2) is 0 Å². The number of halogens is 1. The maximum Gasteiger partial charge on any atom is 0.119 e. The van der Waals surface area contributed by atoms with Crippen LogP contribution in [0, 0.1) is 5.41 Å². The second kappa shape index (κ2) is 6.44. The van der Waals surface area contributed by atoms with Gasteiger partial charge in [-0.2, -0.15) is 0 Å². The minimum absolute atomic E-state index is 0. The van der Waals surface area contributed by atoms with Crippen LogP contribution in [0.1, 0.15) is 25.5 Å². The van der Waals surface area contributed by atoms with Crippen molar-refractivity contribution >= 4 is 23.2 Å². The zero-order valence-electron chi connectivity index (χ0n) is 12.1. The van der Waals surface area contributed by atoms with Gasteiger partial charge in [-0.1, -0.05) is 32.0 Å². The smallest absolute Gasteiger partial charge is 0.119 e. The molecule has 2 aromatic carbocycles. The first kappa shape index (κ1) is 16.8. The van der Waals surface area contributed by atoms with E-state index in [1.807, 2.05) is 44.2 Å². The number of aliphatic hydroxyl groups is 1. The molecule has 0 aromatic heterocycles. The summed E-state index contributed by atoms with van der Waals surface area (Å²) in [5, 5.41) is 11.7. The van der Waals surface area contributed by atoms with Crippen molar-refractivity contribution in [3.63, 3.8) is 0 Å². The fraction of sp³-hybridized carbons (Fsp3) is 0.375. The van der Waals surface area contributed by atoms with Gasteiger partial charge in [0.2, 0.25) is 0 Å². The van der Waals surface area contributed by atoms with E-state index in [-0.39, 0.29) is 30.5 Å². The minimum atomic E-state index is -0.333. The quantitative estimate of drug-likeness (QED) is 0.910. The molecule has 0 aliphatic rings. The van der Waals surface area contributed by atoms with Crippen LogP contribution in [0.5, 0.6) is 5.75 Å². The predicted octanol–water partition coefficient (Wildman–Crippen LogP) is 3.29. The average molecular weight is 296 g/mol. The second-order valence-electron chi connectivity index (χ2n) is 5.60. The lowest BCUT2D eigenvalue weighted by molar-refractivity contribution is 0.132. The average Bonchev–Trinajstić information content (AvgIpc) is 2.45. The Morgan fingerprint density at radius 3 is 2.35 bits per heavy atom. The first-order chi connectivity index (χ1) is 8.97. The van der Waals surface area contributed by atoms with Gasteiger partial charge in [-0.15, -0.1) is 12.4 Å².